The molecular formula is C25H34N2O2. The van der Waals surface area contributed by atoms with E-state index in [-0.39, 0.29) is 0 Å². The number of hydrogen-bond acceptors (Lipinski definition) is 4. The topological polar surface area (TPSA) is 31.5 Å². The third-order valence-electron chi connectivity index (χ3n) is 5.65. The summed E-state index contributed by atoms with van der Waals surface area (Å²) in [4.78, 5) is 4.89. The van der Waals surface area contributed by atoms with Gasteiger partial charge in [0.05, 0.1) is 25.4 Å². The van der Waals surface area contributed by atoms with E-state index in [9.17, 15) is 0 Å². The van der Waals surface area contributed by atoms with Gasteiger partial charge >= 0.3 is 0 Å². The highest BCUT2D eigenvalue weighted by atomic mass is 16.6. The number of epoxide rings is 2. The predicted octanol–water partition coefficient (Wildman–Crippen LogP) is 4.51. The van der Waals surface area contributed by atoms with Crippen molar-refractivity contribution in [1.29, 1.82) is 0 Å². The molecule has 0 amide bonds. The third kappa shape index (κ3) is 5.97. The minimum atomic E-state index is 0.429. The highest BCUT2D eigenvalue weighted by Crippen LogP contribution is 2.23. The smallest absolute Gasteiger partial charge is 0.0984 e. The molecule has 156 valence electrons. The minimum absolute atomic E-state index is 0.429. The summed E-state index contributed by atoms with van der Waals surface area (Å²) in [7, 11) is 0. The third-order valence-corrected chi connectivity index (χ3v) is 5.65. The molecule has 2 aliphatic rings. The number of ether oxygens (including phenoxy) is 2. The fourth-order valence-corrected chi connectivity index (χ4v) is 3.91. The van der Waals surface area contributed by atoms with E-state index in [1.54, 1.807) is 0 Å². The molecule has 29 heavy (non-hydrogen) atoms. The summed E-state index contributed by atoms with van der Waals surface area (Å²) < 4.78 is 10.8. The SMILES string of the molecule is CCCN(CC1CO1)c1ccc(Cc2ccc(N(CCC)CC3CO3)cc2)cc1. The Labute approximate surface area is 175 Å². The van der Waals surface area contributed by atoms with Crippen LogP contribution in [0, 0.1) is 0 Å². The lowest BCUT2D eigenvalue weighted by atomic mass is 10.0. The van der Waals surface area contributed by atoms with Crippen LogP contribution in [0.3, 0.4) is 0 Å². The van der Waals surface area contributed by atoms with E-state index < -0.39 is 0 Å². The van der Waals surface area contributed by atoms with Crippen molar-refractivity contribution in [2.75, 3.05) is 49.2 Å². The Balaban J connectivity index is 1.36. The van der Waals surface area contributed by atoms with E-state index in [0.717, 1.165) is 58.7 Å². The first-order valence-corrected chi connectivity index (χ1v) is 11.2. The maximum Gasteiger partial charge on any atom is 0.0984 e. The summed E-state index contributed by atoms with van der Waals surface area (Å²) in [6, 6.07) is 18.1. The zero-order valence-electron chi connectivity index (χ0n) is 17.8. The Bertz CT molecular complexity index is 686. The highest BCUT2D eigenvalue weighted by Gasteiger charge is 2.26. The summed E-state index contributed by atoms with van der Waals surface area (Å²) in [5.41, 5.74) is 5.33. The molecule has 2 atom stereocenters. The van der Waals surface area contributed by atoms with Crippen LogP contribution < -0.4 is 9.80 Å². The van der Waals surface area contributed by atoms with Crippen LogP contribution in [0.2, 0.25) is 0 Å². The van der Waals surface area contributed by atoms with Crippen molar-refractivity contribution < 1.29 is 9.47 Å². The Morgan fingerprint density at radius 3 is 1.38 bits per heavy atom. The van der Waals surface area contributed by atoms with Gasteiger partial charge in [-0.1, -0.05) is 38.1 Å². The molecule has 2 aliphatic heterocycles. The molecule has 0 spiro atoms. The Hall–Kier alpha value is -2.04. The molecule has 4 heteroatoms. The molecule has 2 fully saturated rings. The second-order valence-electron chi connectivity index (χ2n) is 8.31. The first-order chi connectivity index (χ1) is 14.2. The number of anilines is 2. The van der Waals surface area contributed by atoms with Crippen LogP contribution in [0.4, 0.5) is 11.4 Å². The number of benzene rings is 2. The molecule has 2 unspecified atom stereocenters. The van der Waals surface area contributed by atoms with Crippen LogP contribution in [-0.2, 0) is 15.9 Å². The summed E-state index contributed by atoms with van der Waals surface area (Å²) in [6.07, 6.45) is 4.14. The molecule has 4 nitrogen and oxygen atoms in total. The molecule has 0 saturated carbocycles. The number of nitrogens with zero attached hydrogens (tertiary/aromatic N) is 2. The highest BCUT2D eigenvalue weighted by molar-refractivity contribution is 5.50. The number of hydrogen-bond donors (Lipinski definition) is 0. The average Bonchev–Trinajstić information content (AvgIpc) is 3.65. The lowest BCUT2D eigenvalue weighted by molar-refractivity contribution is 0.407. The molecule has 2 heterocycles. The maximum atomic E-state index is 5.42. The van der Waals surface area contributed by atoms with Crippen molar-refractivity contribution in [2.45, 2.75) is 45.3 Å². The standard InChI is InChI=1S/C25H34N2O2/c1-3-13-26(16-24-18-28-24)22-9-5-20(6-10-22)15-21-7-11-23(12-8-21)27(14-4-2)17-25-19-29-25/h5-12,24-25H,3-4,13-19H2,1-2H3. The fraction of sp³-hybridized carbons (Fsp3) is 0.520. The van der Waals surface area contributed by atoms with Crippen molar-refractivity contribution in [3.05, 3.63) is 59.7 Å². The van der Waals surface area contributed by atoms with Gasteiger partial charge in [0.1, 0.15) is 0 Å². The van der Waals surface area contributed by atoms with Crippen molar-refractivity contribution in [3.8, 4) is 0 Å². The van der Waals surface area contributed by atoms with Gasteiger partial charge in [-0.15, -0.1) is 0 Å². The van der Waals surface area contributed by atoms with Crippen molar-refractivity contribution >= 4 is 11.4 Å². The van der Waals surface area contributed by atoms with Gasteiger partial charge in [-0.2, -0.15) is 0 Å². The molecular weight excluding hydrogens is 360 g/mol. The van der Waals surface area contributed by atoms with E-state index in [1.807, 2.05) is 0 Å². The second kappa shape index (κ2) is 9.64. The number of rotatable bonds is 12. The minimum Gasteiger partial charge on any atom is -0.371 e. The first-order valence-electron chi connectivity index (χ1n) is 11.2. The lowest BCUT2D eigenvalue weighted by Crippen LogP contribution is -2.28. The fourth-order valence-electron chi connectivity index (χ4n) is 3.91. The van der Waals surface area contributed by atoms with Gasteiger partial charge in [0, 0.05) is 37.6 Å². The molecule has 0 aromatic heterocycles. The summed E-state index contributed by atoms with van der Waals surface area (Å²) >= 11 is 0. The van der Waals surface area contributed by atoms with E-state index in [2.05, 4.69) is 72.2 Å². The van der Waals surface area contributed by atoms with Gasteiger partial charge in [-0.05, 0) is 54.7 Å². The van der Waals surface area contributed by atoms with Crippen LogP contribution in [-0.4, -0.2) is 51.6 Å². The lowest BCUT2D eigenvalue weighted by Gasteiger charge is -2.24. The predicted molar refractivity (Wildman–Crippen MR) is 120 cm³/mol. The molecule has 0 radical (unpaired) electrons. The maximum absolute atomic E-state index is 5.42. The van der Waals surface area contributed by atoms with Crippen molar-refractivity contribution in [1.82, 2.24) is 0 Å². The molecule has 4 rings (SSSR count). The van der Waals surface area contributed by atoms with Gasteiger partial charge in [-0.3, -0.25) is 0 Å². The molecule has 0 bridgehead atoms. The molecule has 2 saturated heterocycles. The van der Waals surface area contributed by atoms with Gasteiger partial charge in [0.15, 0.2) is 0 Å². The van der Waals surface area contributed by atoms with E-state index in [0.29, 0.717) is 12.2 Å². The monoisotopic (exact) mass is 394 g/mol. The first kappa shape index (κ1) is 20.2. The average molecular weight is 395 g/mol. The second-order valence-corrected chi connectivity index (χ2v) is 8.31. The van der Waals surface area contributed by atoms with Crippen LogP contribution in [0.5, 0.6) is 0 Å². The largest absolute Gasteiger partial charge is 0.371 e. The molecule has 0 N–H and O–H groups in total. The Kier molecular flexibility index (Phi) is 6.73. The molecule has 2 aromatic rings. The zero-order valence-corrected chi connectivity index (χ0v) is 17.8. The van der Waals surface area contributed by atoms with Crippen LogP contribution in [0.1, 0.15) is 37.8 Å². The summed E-state index contributed by atoms with van der Waals surface area (Å²) in [5.74, 6) is 0. The summed E-state index contributed by atoms with van der Waals surface area (Å²) in [5, 5.41) is 0. The van der Waals surface area contributed by atoms with Gasteiger partial charge in [0.2, 0.25) is 0 Å². The van der Waals surface area contributed by atoms with Crippen LogP contribution in [0.25, 0.3) is 0 Å². The van der Waals surface area contributed by atoms with Crippen LogP contribution >= 0.6 is 0 Å². The quantitative estimate of drug-likeness (QED) is 0.496. The summed E-state index contributed by atoms with van der Waals surface area (Å²) in [6.45, 7) is 10.5. The Morgan fingerprint density at radius 2 is 1.07 bits per heavy atom. The van der Waals surface area contributed by atoms with Gasteiger partial charge in [-0.25, -0.2) is 0 Å². The zero-order chi connectivity index (χ0) is 20.1. The van der Waals surface area contributed by atoms with E-state index >= 15 is 0 Å². The van der Waals surface area contributed by atoms with Crippen LogP contribution in [0.15, 0.2) is 48.5 Å². The molecule has 2 aromatic carbocycles. The Morgan fingerprint density at radius 1 is 0.690 bits per heavy atom. The van der Waals surface area contributed by atoms with Gasteiger partial charge in [0.25, 0.3) is 0 Å². The van der Waals surface area contributed by atoms with Gasteiger partial charge < -0.3 is 19.3 Å². The molecule has 0 aliphatic carbocycles. The van der Waals surface area contributed by atoms with Crippen molar-refractivity contribution in [3.63, 3.8) is 0 Å². The van der Waals surface area contributed by atoms with E-state index in [1.165, 1.54) is 22.5 Å². The van der Waals surface area contributed by atoms with E-state index in [4.69, 9.17) is 9.47 Å². The van der Waals surface area contributed by atoms with Crippen molar-refractivity contribution in [2.24, 2.45) is 0 Å². The normalized spacial score (nSPS) is 19.8.